The maximum atomic E-state index is 9.68. The number of hydrogen-bond donors (Lipinski definition) is 2. The van der Waals surface area contributed by atoms with Crippen LogP contribution >= 0.6 is 11.3 Å². The predicted octanol–water partition coefficient (Wildman–Crippen LogP) is 1.45. The summed E-state index contributed by atoms with van der Waals surface area (Å²) in [6.45, 7) is 3.15. The number of aromatic nitrogens is 1. The predicted molar refractivity (Wildman–Crippen MR) is 66.9 cm³/mol. The Bertz CT molecular complexity index is 541. The molecule has 1 aromatic heterocycles. The van der Waals surface area contributed by atoms with Crippen molar-refractivity contribution in [3.05, 3.63) is 18.2 Å². The minimum absolute atomic E-state index is 0.559. The Hall–Kier alpha value is -1.33. The van der Waals surface area contributed by atoms with Gasteiger partial charge in [0.1, 0.15) is 0 Å². The first-order valence-electron chi connectivity index (χ1n) is 5.17. The van der Waals surface area contributed by atoms with Crippen molar-refractivity contribution in [1.29, 1.82) is 0 Å². The molecule has 0 radical (unpaired) electrons. The van der Waals surface area contributed by atoms with E-state index in [0.29, 0.717) is 13.1 Å². The van der Waals surface area contributed by atoms with Crippen LogP contribution in [0.4, 0.5) is 10.8 Å². The minimum atomic E-state index is -0.559. The molecule has 3 N–H and O–H groups in total. The highest BCUT2D eigenvalue weighted by molar-refractivity contribution is 7.22. The number of rotatable bonds is 1. The zero-order chi connectivity index (χ0) is 11.3. The maximum Gasteiger partial charge on any atom is 0.186 e. The molecule has 1 aromatic carbocycles. The molecule has 2 heterocycles. The topological polar surface area (TPSA) is 62.4 Å². The second-order valence-electron chi connectivity index (χ2n) is 4.58. The van der Waals surface area contributed by atoms with E-state index in [1.807, 2.05) is 25.1 Å². The highest BCUT2D eigenvalue weighted by Gasteiger charge is 2.37. The van der Waals surface area contributed by atoms with Crippen molar-refractivity contribution in [2.75, 3.05) is 23.7 Å². The van der Waals surface area contributed by atoms with E-state index in [2.05, 4.69) is 9.88 Å². The van der Waals surface area contributed by atoms with E-state index in [9.17, 15) is 5.11 Å². The van der Waals surface area contributed by atoms with Crippen molar-refractivity contribution >= 4 is 32.4 Å². The zero-order valence-corrected chi connectivity index (χ0v) is 9.79. The summed E-state index contributed by atoms with van der Waals surface area (Å²) in [5.41, 5.74) is 6.82. The first kappa shape index (κ1) is 9.86. The average Bonchev–Trinajstić information content (AvgIpc) is 2.56. The van der Waals surface area contributed by atoms with Crippen molar-refractivity contribution in [3.8, 4) is 0 Å². The van der Waals surface area contributed by atoms with Crippen LogP contribution in [0.15, 0.2) is 18.2 Å². The minimum Gasteiger partial charge on any atom is -0.399 e. The molecule has 0 amide bonds. The molecule has 3 rings (SSSR count). The van der Waals surface area contributed by atoms with Crippen molar-refractivity contribution in [2.45, 2.75) is 12.5 Å². The van der Waals surface area contributed by atoms with Gasteiger partial charge in [-0.15, -0.1) is 0 Å². The fraction of sp³-hybridized carbons (Fsp3) is 0.364. The van der Waals surface area contributed by atoms with Crippen LogP contribution in [0.3, 0.4) is 0 Å². The van der Waals surface area contributed by atoms with Gasteiger partial charge in [-0.05, 0) is 25.1 Å². The fourth-order valence-corrected chi connectivity index (χ4v) is 2.92. The number of nitrogens with zero attached hydrogens (tertiary/aromatic N) is 2. The van der Waals surface area contributed by atoms with Crippen LogP contribution in [0, 0.1) is 0 Å². The third-order valence-corrected chi connectivity index (χ3v) is 3.83. The lowest BCUT2D eigenvalue weighted by Crippen LogP contribution is -2.60. The molecule has 2 aromatic rings. The Morgan fingerprint density at radius 3 is 2.94 bits per heavy atom. The Labute approximate surface area is 97.3 Å². The normalized spacial score (nSPS) is 18.8. The number of anilines is 2. The summed E-state index contributed by atoms with van der Waals surface area (Å²) < 4.78 is 1.13. The number of benzene rings is 1. The summed E-state index contributed by atoms with van der Waals surface area (Å²) in [6.07, 6.45) is 0. The fourth-order valence-electron chi connectivity index (χ4n) is 1.98. The van der Waals surface area contributed by atoms with E-state index in [0.717, 1.165) is 21.0 Å². The molecule has 1 aliphatic rings. The van der Waals surface area contributed by atoms with Crippen LogP contribution < -0.4 is 10.6 Å². The van der Waals surface area contributed by atoms with Gasteiger partial charge >= 0.3 is 0 Å². The molecule has 0 saturated carbocycles. The number of nitrogen functional groups attached to an aromatic ring is 1. The lowest BCUT2D eigenvalue weighted by Gasteiger charge is -2.43. The highest BCUT2D eigenvalue weighted by atomic mass is 32.1. The molecule has 0 aliphatic carbocycles. The summed E-state index contributed by atoms with van der Waals surface area (Å²) in [5, 5.41) is 10.6. The van der Waals surface area contributed by atoms with E-state index in [4.69, 9.17) is 5.73 Å². The number of fused-ring (bicyclic) bond motifs is 1. The SMILES string of the molecule is CC1(O)CN(c2nc3cc(N)ccc3s2)C1. The van der Waals surface area contributed by atoms with Crippen LogP contribution in [-0.2, 0) is 0 Å². The third-order valence-electron chi connectivity index (χ3n) is 2.73. The number of β-amino-alcohol motifs (C(OH)–C–C–N with tert-alkyl or cyclic N) is 1. The molecule has 0 spiro atoms. The van der Waals surface area contributed by atoms with Crippen LogP contribution in [0.2, 0.25) is 0 Å². The molecule has 1 fully saturated rings. The van der Waals surface area contributed by atoms with Gasteiger partial charge in [0, 0.05) is 5.69 Å². The summed E-state index contributed by atoms with van der Waals surface area (Å²) in [4.78, 5) is 6.60. The average molecular weight is 235 g/mol. The molecule has 84 valence electrons. The monoisotopic (exact) mass is 235 g/mol. The van der Waals surface area contributed by atoms with E-state index in [-0.39, 0.29) is 0 Å². The third kappa shape index (κ3) is 1.52. The van der Waals surface area contributed by atoms with Crippen LogP contribution in [0.1, 0.15) is 6.92 Å². The van der Waals surface area contributed by atoms with Gasteiger partial charge in [0.2, 0.25) is 0 Å². The van der Waals surface area contributed by atoms with Crippen molar-refractivity contribution in [3.63, 3.8) is 0 Å². The van der Waals surface area contributed by atoms with Gasteiger partial charge in [0.05, 0.1) is 28.9 Å². The zero-order valence-electron chi connectivity index (χ0n) is 8.97. The highest BCUT2D eigenvalue weighted by Crippen LogP contribution is 2.34. The molecule has 0 bridgehead atoms. The summed E-state index contributed by atoms with van der Waals surface area (Å²) in [6, 6.07) is 5.76. The maximum absolute atomic E-state index is 9.68. The Kier molecular flexibility index (Phi) is 1.90. The first-order chi connectivity index (χ1) is 7.53. The van der Waals surface area contributed by atoms with E-state index in [1.54, 1.807) is 11.3 Å². The van der Waals surface area contributed by atoms with E-state index >= 15 is 0 Å². The number of nitrogens with two attached hydrogens (primary N) is 1. The van der Waals surface area contributed by atoms with Gasteiger partial charge in [-0.2, -0.15) is 0 Å². The molecular formula is C11H13N3OS. The standard InChI is InChI=1S/C11H13N3OS/c1-11(15)5-14(6-11)10-13-8-4-7(12)2-3-9(8)16-10/h2-4,15H,5-6,12H2,1H3. The molecule has 0 unspecified atom stereocenters. The van der Waals surface area contributed by atoms with Crippen molar-refractivity contribution in [2.24, 2.45) is 0 Å². The quantitative estimate of drug-likeness (QED) is 0.734. The van der Waals surface area contributed by atoms with Gasteiger partial charge in [0.25, 0.3) is 0 Å². The number of thiazole rings is 1. The number of aliphatic hydroxyl groups is 1. The second-order valence-corrected chi connectivity index (χ2v) is 5.59. The van der Waals surface area contributed by atoms with Crippen molar-refractivity contribution in [1.82, 2.24) is 4.98 Å². The second kappa shape index (κ2) is 3.09. The van der Waals surface area contributed by atoms with Crippen LogP contribution in [-0.4, -0.2) is 28.8 Å². The summed E-state index contributed by atoms with van der Waals surface area (Å²) in [5.74, 6) is 0. The summed E-state index contributed by atoms with van der Waals surface area (Å²) in [7, 11) is 0. The molecule has 16 heavy (non-hydrogen) atoms. The van der Waals surface area contributed by atoms with Gasteiger partial charge < -0.3 is 15.7 Å². The lowest BCUT2D eigenvalue weighted by molar-refractivity contribution is 0.0310. The molecule has 5 heteroatoms. The Morgan fingerprint density at radius 2 is 2.25 bits per heavy atom. The summed E-state index contributed by atoms with van der Waals surface area (Å²) >= 11 is 1.64. The molecule has 1 aliphatic heterocycles. The van der Waals surface area contributed by atoms with Crippen molar-refractivity contribution < 1.29 is 5.11 Å². The largest absolute Gasteiger partial charge is 0.399 e. The van der Waals surface area contributed by atoms with Gasteiger partial charge in [-0.1, -0.05) is 11.3 Å². The van der Waals surface area contributed by atoms with Crippen LogP contribution in [0.25, 0.3) is 10.2 Å². The number of hydrogen-bond acceptors (Lipinski definition) is 5. The lowest BCUT2D eigenvalue weighted by atomic mass is 9.98. The first-order valence-corrected chi connectivity index (χ1v) is 5.99. The Morgan fingerprint density at radius 1 is 1.50 bits per heavy atom. The van der Waals surface area contributed by atoms with Gasteiger partial charge in [-0.3, -0.25) is 0 Å². The Balaban J connectivity index is 1.95. The van der Waals surface area contributed by atoms with E-state index < -0.39 is 5.60 Å². The van der Waals surface area contributed by atoms with Crippen LogP contribution in [0.5, 0.6) is 0 Å². The molecule has 1 saturated heterocycles. The molecule has 4 nitrogen and oxygen atoms in total. The smallest absolute Gasteiger partial charge is 0.186 e. The molecular weight excluding hydrogens is 222 g/mol. The van der Waals surface area contributed by atoms with Gasteiger partial charge in [-0.25, -0.2) is 4.98 Å². The van der Waals surface area contributed by atoms with E-state index in [1.165, 1.54) is 0 Å². The molecule has 0 atom stereocenters. The van der Waals surface area contributed by atoms with Gasteiger partial charge in [0.15, 0.2) is 5.13 Å².